The van der Waals surface area contributed by atoms with E-state index in [0.29, 0.717) is 18.1 Å². The van der Waals surface area contributed by atoms with Crippen LogP contribution in [0.5, 0.6) is 0 Å². The molecular weight excluding hydrogens is 362 g/mol. The number of hydrogen-bond acceptors (Lipinski definition) is 6. The number of hydrogen-bond donors (Lipinski definition) is 2. The molecule has 1 aromatic heterocycles. The van der Waals surface area contributed by atoms with E-state index in [0.717, 1.165) is 36.5 Å². The lowest BCUT2D eigenvalue weighted by molar-refractivity contribution is -0.125. The molecule has 0 atom stereocenters. The first kappa shape index (κ1) is 19.4. The van der Waals surface area contributed by atoms with Crippen LogP contribution in [0, 0.1) is 12.8 Å². The summed E-state index contributed by atoms with van der Waals surface area (Å²) < 4.78 is 0. The summed E-state index contributed by atoms with van der Waals surface area (Å²) in [5.41, 5.74) is 2.25. The number of likely N-dealkylation sites (tertiary alicyclic amines) is 1. The van der Waals surface area contributed by atoms with Crippen molar-refractivity contribution in [3.63, 3.8) is 0 Å². The zero-order chi connectivity index (χ0) is 19.2. The molecule has 2 amide bonds. The molecule has 0 spiro atoms. The van der Waals surface area contributed by atoms with Crippen LogP contribution >= 0.6 is 11.3 Å². The smallest absolute Gasteiger partial charge is 0.282 e. The van der Waals surface area contributed by atoms with Crippen LogP contribution in [-0.2, 0) is 17.9 Å². The predicted molar refractivity (Wildman–Crippen MR) is 104 cm³/mol. The zero-order valence-electron chi connectivity index (χ0n) is 15.7. The standard InChI is InChI=1S/C19H25N5O2S/c1-13-3-5-14(6-4-13)11-21-18(26)19-23-22-16(27-19)12-24-9-7-15(8-10-24)17(25)20-2/h3-6,15H,7-12H2,1-2H3,(H,20,25)(H,21,26). The van der Waals surface area contributed by atoms with Crippen LogP contribution in [0.25, 0.3) is 0 Å². The Balaban J connectivity index is 1.47. The minimum Gasteiger partial charge on any atom is -0.359 e. The highest BCUT2D eigenvalue weighted by Gasteiger charge is 2.25. The van der Waals surface area contributed by atoms with Crippen molar-refractivity contribution in [1.82, 2.24) is 25.7 Å². The molecule has 2 heterocycles. The number of carbonyl (C=O) groups is 2. The maximum absolute atomic E-state index is 12.3. The van der Waals surface area contributed by atoms with Crippen molar-refractivity contribution in [2.75, 3.05) is 20.1 Å². The molecule has 0 bridgehead atoms. The third-order valence-corrected chi connectivity index (χ3v) is 5.71. The van der Waals surface area contributed by atoms with Crippen LogP contribution in [0.4, 0.5) is 0 Å². The fourth-order valence-electron chi connectivity index (χ4n) is 3.12. The predicted octanol–water partition coefficient (Wildman–Crippen LogP) is 1.73. The Morgan fingerprint density at radius 2 is 1.89 bits per heavy atom. The minimum absolute atomic E-state index is 0.101. The molecule has 144 valence electrons. The Labute approximate surface area is 163 Å². The summed E-state index contributed by atoms with van der Waals surface area (Å²) in [5.74, 6) is 0.0273. The highest BCUT2D eigenvalue weighted by Crippen LogP contribution is 2.20. The van der Waals surface area contributed by atoms with Crippen molar-refractivity contribution in [1.29, 1.82) is 0 Å². The third-order valence-electron chi connectivity index (χ3n) is 4.80. The van der Waals surface area contributed by atoms with Gasteiger partial charge in [0.2, 0.25) is 10.9 Å². The average Bonchev–Trinajstić information content (AvgIpc) is 3.16. The average molecular weight is 388 g/mol. The molecule has 1 saturated heterocycles. The van der Waals surface area contributed by atoms with E-state index in [2.05, 4.69) is 25.7 Å². The fourth-order valence-corrected chi connectivity index (χ4v) is 3.92. The molecular formula is C19H25N5O2S. The van der Waals surface area contributed by atoms with Gasteiger partial charge in [0.15, 0.2) is 0 Å². The maximum Gasteiger partial charge on any atom is 0.282 e. The van der Waals surface area contributed by atoms with Gasteiger partial charge in [0.1, 0.15) is 5.01 Å². The fraction of sp³-hybridized carbons (Fsp3) is 0.474. The quantitative estimate of drug-likeness (QED) is 0.788. The van der Waals surface area contributed by atoms with Gasteiger partial charge in [-0.15, -0.1) is 10.2 Å². The van der Waals surface area contributed by atoms with E-state index in [-0.39, 0.29) is 17.7 Å². The van der Waals surface area contributed by atoms with Gasteiger partial charge in [-0.2, -0.15) is 0 Å². The Bertz CT molecular complexity index is 782. The summed E-state index contributed by atoms with van der Waals surface area (Å²) in [6.07, 6.45) is 1.70. The summed E-state index contributed by atoms with van der Waals surface area (Å²) >= 11 is 1.33. The lowest BCUT2D eigenvalue weighted by atomic mass is 9.96. The van der Waals surface area contributed by atoms with Gasteiger partial charge in [-0.3, -0.25) is 14.5 Å². The van der Waals surface area contributed by atoms with E-state index < -0.39 is 0 Å². The van der Waals surface area contributed by atoms with Crippen molar-refractivity contribution in [3.8, 4) is 0 Å². The first-order chi connectivity index (χ1) is 13.0. The molecule has 1 aromatic carbocycles. The summed E-state index contributed by atoms with van der Waals surface area (Å²) in [6.45, 7) is 4.88. The first-order valence-electron chi connectivity index (χ1n) is 9.15. The van der Waals surface area contributed by atoms with Crippen molar-refractivity contribution in [2.24, 2.45) is 5.92 Å². The van der Waals surface area contributed by atoms with Crippen molar-refractivity contribution in [3.05, 3.63) is 45.4 Å². The molecule has 0 aliphatic carbocycles. The lowest BCUT2D eigenvalue weighted by Gasteiger charge is -2.30. The van der Waals surface area contributed by atoms with Crippen LogP contribution in [0.15, 0.2) is 24.3 Å². The van der Waals surface area contributed by atoms with Crippen LogP contribution in [-0.4, -0.2) is 47.0 Å². The molecule has 2 N–H and O–H groups in total. The van der Waals surface area contributed by atoms with E-state index in [1.165, 1.54) is 16.9 Å². The minimum atomic E-state index is -0.197. The van der Waals surface area contributed by atoms with Gasteiger partial charge in [-0.1, -0.05) is 41.2 Å². The summed E-state index contributed by atoms with van der Waals surface area (Å²) in [4.78, 5) is 26.2. The Hall–Kier alpha value is -2.32. The lowest BCUT2D eigenvalue weighted by Crippen LogP contribution is -2.39. The molecule has 1 fully saturated rings. The van der Waals surface area contributed by atoms with E-state index >= 15 is 0 Å². The highest BCUT2D eigenvalue weighted by molar-refractivity contribution is 7.13. The molecule has 1 aliphatic heterocycles. The Morgan fingerprint density at radius 1 is 1.19 bits per heavy atom. The monoisotopic (exact) mass is 387 g/mol. The van der Waals surface area contributed by atoms with Gasteiger partial charge in [0.05, 0.1) is 6.54 Å². The number of nitrogens with one attached hydrogen (secondary N) is 2. The van der Waals surface area contributed by atoms with E-state index in [1.807, 2.05) is 31.2 Å². The normalized spacial score (nSPS) is 15.5. The number of piperidine rings is 1. The number of rotatable bonds is 6. The van der Waals surface area contributed by atoms with Crippen molar-refractivity contribution in [2.45, 2.75) is 32.9 Å². The molecule has 2 aromatic rings. The third kappa shape index (κ3) is 5.33. The van der Waals surface area contributed by atoms with Crippen LogP contribution < -0.4 is 10.6 Å². The second-order valence-electron chi connectivity index (χ2n) is 6.83. The topological polar surface area (TPSA) is 87.2 Å². The van der Waals surface area contributed by atoms with Gasteiger partial charge < -0.3 is 10.6 Å². The molecule has 1 aliphatic rings. The molecule has 7 nitrogen and oxygen atoms in total. The second kappa shape index (κ2) is 9.05. The SMILES string of the molecule is CNC(=O)C1CCN(Cc2nnc(C(=O)NCc3ccc(C)cc3)s2)CC1. The molecule has 3 rings (SSSR count). The molecule has 0 radical (unpaired) electrons. The first-order valence-corrected chi connectivity index (χ1v) is 9.97. The van der Waals surface area contributed by atoms with Gasteiger partial charge in [-0.05, 0) is 38.4 Å². The highest BCUT2D eigenvalue weighted by atomic mass is 32.1. The number of aryl methyl sites for hydroxylation is 1. The van der Waals surface area contributed by atoms with E-state index in [9.17, 15) is 9.59 Å². The number of carbonyl (C=O) groups excluding carboxylic acids is 2. The zero-order valence-corrected chi connectivity index (χ0v) is 16.5. The van der Waals surface area contributed by atoms with Crippen LogP contribution in [0.2, 0.25) is 0 Å². The Kier molecular flexibility index (Phi) is 6.52. The van der Waals surface area contributed by atoms with Crippen LogP contribution in [0.3, 0.4) is 0 Å². The van der Waals surface area contributed by atoms with E-state index in [1.54, 1.807) is 7.05 Å². The molecule has 0 unspecified atom stereocenters. The summed E-state index contributed by atoms with van der Waals surface area (Å²) in [5, 5.41) is 15.0. The van der Waals surface area contributed by atoms with Crippen molar-refractivity contribution < 1.29 is 9.59 Å². The molecule has 8 heteroatoms. The largest absolute Gasteiger partial charge is 0.359 e. The van der Waals surface area contributed by atoms with Gasteiger partial charge in [-0.25, -0.2) is 0 Å². The Morgan fingerprint density at radius 3 is 2.56 bits per heavy atom. The number of nitrogens with zero attached hydrogens (tertiary/aromatic N) is 3. The van der Waals surface area contributed by atoms with Crippen LogP contribution in [0.1, 0.15) is 38.8 Å². The second-order valence-corrected chi connectivity index (χ2v) is 7.90. The molecule has 0 saturated carbocycles. The van der Waals surface area contributed by atoms with Gasteiger partial charge in [0.25, 0.3) is 5.91 Å². The maximum atomic E-state index is 12.3. The number of amides is 2. The summed E-state index contributed by atoms with van der Waals surface area (Å²) in [7, 11) is 1.68. The van der Waals surface area contributed by atoms with Gasteiger partial charge >= 0.3 is 0 Å². The van der Waals surface area contributed by atoms with Crippen molar-refractivity contribution >= 4 is 23.2 Å². The van der Waals surface area contributed by atoms with E-state index in [4.69, 9.17) is 0 Å². The number of benzene rings is 1. The summed E-state index contributed by atoms with van der Waals surface area (Å²) in [6, 6.07) is 8.06. The molecule has 27 heavy (non-hydrogen) atoms. The number of aromatic nitrogens is 2. The van der Waals surface area contributed by atoms with Gasteiger partial charge in [0, 0.05) is 19.5 Å².